The van der Waals surface area contributed by atoms with Crippen LogP contribution in [-0.4, -0.2) is 61.1 Å². The van der Waals surface area contributed by atoms with Gasteiger partial charge in [0.2, 0.25) is 5.91 Å². The van der Waals surface area contributed by atoms with Crippen LogP contribution in [0.15, 0.2) is 0 Å². The number of nitrogens with zero attached hydrogens (tertiary/aromatic N) is 2. The highest BCUT2D eigenvalue weighted by atomic mass is 16.5. The summed E-state index contributed by atoms with van der Waals surface area (Å²) >= 11 is 0. The molecule has 94 valence electrons. The van der Waals surface area contributed by atoms with Gasteiger partial charge in [0.1, 0.15) is 6.61 Å². The Hall–Kier alpha value is -0.610. The number of amides is 1. The van der Waals surface area contributed by atoms with Gasteiger partial charge in [-0.3, -0.25) is 9.69 Å². The van der Waals surface area contributed by atoms with Gasteiger partial charge in [-0.05, 0) is 26.4 Å². The highest BCUT2D eigenvalue weighted by molar-refractivity contribution is 5.77. The predicted molar refractivity (Wildman–Crippen MR) is 64.4 cm³/mol. The van der Waals surface area contributed by atoms with Crippen LogP contribution in [0.5, 0.6) is 0 Å². The average molecular weight is 228 g/mol. The standard InChI is InChI=1S/C12H24N2O2/c1-4-13(5-2)11-7-8-14(9-11)12(15)10-16-6-3/h11H,4-10H2,1-3H3. The van der Waals surface area contributed by atoms with Gasteiger partial charge in [0.15, 0.2) is 0 Å². The molecule has 1 heterocycles. The van der Waals surface area contributed by atoms with E-state index in [9.17, 15) is 4.79 Å². The molecule has 1 saturated heterocycles. The fraction of sp³-hybridized carbons (Fsp3) is 0.917. The smallest absolute Gasteiger partial charge is 0.248 e. The van der Waals surface area contributed by atoms with Gasteiger partial charge in [0, 0.05) is 25.7 Å². The molecule has 0 aromatic rings. The van der Waals surface area contributed by atoms with Gasteiger partial charge in [0.05, 0.1) is 0 Å². The van der Waals surface area contributed by atoms with Crippen molar-refractivity contribution < 1.29 is 9.53 Å². The zero-order valence-corrected chi connectivity index (χ0v) is 10.7. The quantitative estimate of drug-likeness (QED) is 0.679. The first kappa shape index (κ1) is 13.5. The molecule has 0 aliphatic carbocycles. The van der Waals surface area contributed by atoms with Gasteiger partial charge in [-0.15, -0.1) is 0 Å². The third-order valence-corrected chi connectivity index (χ3v) is 3.27. The van der Waals surface area contributed by atoms with Crippen LogP contribution >= 0.6 is 0 Å². The number of ether oxygens (including phenoxy) is 1. The van der Waals surface area contributed by atoms with Crippen molar-refractivity contribution in [2.45, 2.75) is 33.2 Å². The summed E-state index contributed by atoms with van der Waals surface area (Å²) in [7, 11) is 0. The van der Waals surface area contributed by atoms with Crippen molar-refractivity contribution in [1.82, 2.24) is 9.80 Å². The van der Waals surface area contributed by atoms with Crippen LogP contribution in [-0.2, 0) is 9.53 Å². The van der Waals surface area contributed by atoms with E-state index in [0.29, 0.717) is 12.6 Å². The molecule has 1 aliphatic heterocycles. The summed E-state index contributed by atoms with van der Waals surface area (Å²) < 4.78 is 5.15. The largest absolute Gasteiger partial charge is 0.372 e. The SMILES string of the molecule is CCOCC(=O)N1CCC(N(CC)CC)C1. The van der Waals surface area contributed by atoms with E-state index >= 15 is 0 Å². The number of hydrogen-bond acceptors (Lipinski definition) is 3. The molecule has 1 atom stereocenters. The van der Waals surface area contributed by atoms with Crippen molar-refractivity contribution >= 4 is 5.91 Å². The van der Waals surface area contributed by atoms with Crippen LogP contribution in [0.2, 0.25) is 0 Å². The Morgan fingerprint density at radius 2 is 2.06 bits per heavy atom. The summed E-state index contributed by atoms with van der Waals surface area (Å²) in [5, 5.41) is 0. The van der Waals surface area contributed by atoms with Crippen molar-refractivity contribution in [1.29, 1.82) is 0 Å². The van der Waals surface area contributed by atoms with E-state index in [1.807, 2.05) is 11.8 Å². The molecule has 0 bridgehead atoms. The Morgan fingerprint density at radius 1 is 1.38 bits per heavy atom. The summed E-state index contributed by atoms with van der Waals surface area (Å²) in [6.07, 6.45) is 1.10. The first-order valence-electron chi connectivity index (χ1n) is 6.32. The van der Waals surface area contributed by atoms with Crippen LogP contribution < -0.4 is 0 Å². The van der Waals surface area contributed by atoms with E-state index in [-0.39, 0.29) is 12.5 Å². The maximum absolute atomic E-state index is 11.7. The van der Waals surface area contributed by atoms with Crippen LogP contribution in [0.25, 0.3) is 0 Å². The normalized spacial score (nSPS) is 20.8. The van der Waals surface area contributed by atoms with Crippen LogP contribution in [0.3, 0.4) is 0 Å². The van der Waals surface area contributed by atoms with Crippen molar-refractivity contribution in [3.8, 4) is 0 Å². The van der Waals surface area contributed by atoms with Gasteiger partial charge in [0.25, 0.3) is 0 Å². The lowest BCUT2D eigenvalue weighted by molar-refractivity contribution is -0.135. The summed E-state index contributed by atoms with van der Waals surface area (Å²) in [5.74, 6) is 0.136. The van der Waals surface area contributed by atoms with Crippen LogP contribution in [0.4, 0.5) is 0 Å². The second-order valence-electron chi connectivity index (χ2n) is 4.14. The molecule has 1 aliphatic rings. The number of rotatable bonds is 6. The fourth-order valence-corrected chi connectivity index (χ4v) is 2.29. The van der Waals surface area contributed by atoms with E-state index < -0.39 is 0 Å². The van der Waals surface area contributed by atoms with Crippen molar-refractivity contribution in [2.75, 3.05) is 39.4 Å². The Bertz CT molecular complexity index is 217. The van der Waals surface area contributed by atoms with Gasteiger partial charge >= 0.3 is 0 Å². The molecule has 0 saturated carbocycles. The molecular weight excluding hydrogens is 204 g/mol. The highest BCUT2D eigenvalue weighted by Gasteiger charge is 2.28. The molecule has 0 spiro atoms. The topological polar surface area (TPSA) is 32.8 Å². The molecule has 0 N–H and O–H groups in total. The lowest BCUT2D eigenvalue weighted by Crippen LogP contribution is -2.39. The van der Waals surface area contributed by atoms with Crippen molar-refractivity contribution in [3.05, 3.63) is 0 Å². The second-order valence-corrected chi connectivity index (χ2v) is 4.14. The molecule has 0 radical (unpaired) electrons. The zero-order valence-electron chi connectivity index (χ0n) is 10.7. The number of carbonyl (C=O) groups excluding carboxylic acids is 1. The van der Waals surface area contributed by atoms with E-state index in [0.717, 1.165) is 32.6 Å². The van der Waals surface area contributed by atoms with E-state index in [1.165, 1.54) is 0 Å². The number of carbonyl (C=O) groups is 1. The van der Waals surface area contributed by atoms with Crippen LogP contribution in [0, 0.1) is 0 Å². The lowest BCUT2D eigenvalue weighted by Gasteiger charge is -2.26. The van der Waals surface area contributed by atoms with Gasteiger partial charge in [-0.1, -0.05) is 13.8 Å². The van der Waals surface area contributed by atoms with Gasteiger partial charge < -0.3 is 9.64 Å². The lowest BCUT2D eigenvalue weighted by atomic mass is 10.2. The first-order chi connectivity index (χ1) is 7.72. The molecule has 16 heavy (non-hydrogen) atoms. The third kappa shape index (κ3) is 3.46. The number of likely N-dealkylation sites (tertiary alicyclic amines) is 1. The van der Waals surface area contributed by atoms with E-state index in [2.05, 4.69) is 18.7 Å². The molecule has 0 aromatic heterocycles. The minimum absolute atomic E-state index is 0.136. The summed E-state index contributed by atoms with van der Waals surface area (Å²) in [6, 6.07) is 0.542. The van der Waals surface area contributed by atoms with E-state index in [4.69, 9.17) is 4.74 Å². The molecule has 1 unspecified atom stereocenters. The average Bonchev–Trinajstić information content (AvgIpc) is 2.77. The number of hydrogen-bond donors (Lipinski definition) is 0. The van der Waals surface area contributed by atoms with Crippen LogP contribution in [0.1, 0.15) is 27.2 Å². The predicted octanol–water partition coefficient (Wildman–Crippen LogP) is 0.966. The summed E-state index contributed by atoms with van der Waals surface area (Å²) in [5.41, 5.74) is 0. The maximum atomic E-state index is 11.7. The Kier molecular flexibility index (Phi) is 5.77. The molecule has 1 amide bonds. The maximum Gasteiger partial charge on any atom is 0.248 e. The summed E-state index contributed by atoms with van der Waals surface area (Å²) in [6.45, 7) is 11.0. The summed E-state index contributed by atoms with van der Waals surface area (Å²) in [4.78, 5) is 16.1. The Labute approximate surface area is 98.5 Å². The zero-order chi connectivity index (χ0) is 12.0. The highest BCUT2D eigenvalue weighted by Crippen LogP contribution is 2.15. The molecular formula is C12H24N2O2. The third-order valence-electron chi connectivity index (χ3n) is 3.27. The molecule has 1 fully saturated rings. The fourth-order valence-electron chi connectivity index (χ4n) is 2.29. The molecule has 0 aromatic carbocycles. The van der Waals surface area contributed by atoms with E-state index in [1.54, 1.807) is 0 Å². The molecule has 1 rings (SSSR count). The first-order valence-corrected chi connectivity index (χ1v) is 6.32. The molecule has 4 heteroatoms. The monoisotopic (exact) mass is 228 g/mol. The number of likely N-dealkylation sites (N-methyl/N-ethyl adjacent to an activating group) is 1. The van der Waals surface area contributed by atoms with Crippen molar-refractivity contribution in [2.24, 2.45) is 0 Å². The Morgan fingerprint density at radius 3 is 2.62 bits per heavy atom. The minimum Gasteiger partial charge on any atom is -0.372 e. The molecule has 4 nitrogen and oxygen atoms in total. The Balaban J connectivity index is 2.36. The van der Waals surface area contributed by atoms with Gasteiger partial charge in [-0.2, -0.15) is 0 Å². The minimum atomic E-state index is 0.136. The van der Waals surface area contributed by atoms with Gasteiger partial charge in [-0.25, -0.2) is 0 Å². The van der Waals surface area contributed by atoms with Crippen molar-refractivity contribution in [3.63, 3.8) is 0 Å². The second kappa shape index (κ2) is 6.86.